The second kappa shape index (κ2) is 7.41. The number of halogens is 1. The van der Waals surface area contributed by atoms with E-state index in [1.165, 1.54) is 0 Å². The summed E-state index contributed by atoms with van der Waals surface area (Å²) in [5.74, 6) is 0.521. The first-order chi connectivity index (χ1) is 9.30. The van der Waals surface area contributed by atoms with Gasteiger partial charge >= 0.3 is 0 Å². The fraction of sp³-hybridized carbons (Fsp3) is 0.571. The molecule has 0 saturated carbocycles. The average Bonchev–Trinajstić information content (AvgIpc) is 2.38. The number of nitrogens with one attached hydrogen (secondary N) is 1. The van der Waals surface area contributed by atoms with Crippen LogP contribution in [0.4, 0.5) is 0 Å². The van der Waals surface area contributed by atoms with E-state index >= 15 is 0 Å². The maximum Gasteiger partial charge on any atom is 0.240 e. The summed E-state index contributed by atoms with van der Waals surface area (Å²) in [5.41, 5.74) is 0.494. The predicted molar refractivity (Wildman–Crippen MR) is 81.8 cm³/mol. The van der Waals surface area contributed by atoms with Crippen LogP contribution in [0.1, 0.15) is 26.3 Å². The summed E-state index contributed by atoms with van der Waals surface area (Å²) >= 11 is 5.65. The van der Waals surface area contributed by atoms with Crippen LogP contribution in [0.2, 0.25) is 0 Å². The Morgan fingerprint density at radius 3 is 2.35 bits per heavy atom. The third-order valence-electron chi connectivity index (χ3n) is 2.84. The van der Waals surface area contributed by atoms with Crippen LogP contribution in [0.15, 0.2) is 29.2 Å². The third-order valence-corrected chi connectivity index (χ3v) is 4.45. The highest BCUT2D eigenvalue weighted by Gasteiger charge is 2.22. The Morgan fingerprint density at radius 1 is 1.25 bits per heavy atom. The van der Waals surface area contributed by atoms with E-state index in [-0.39, 0.29) is 11.4 Å². The maximum atomic E-state index is 12.2. The Kier molecular flexibility index (Phi) is 6.45. The Balaban J connectivity index is 2.73. The number of ether oxygens (including phenoxy) is 1. The van der Waals surface area contributed by atoms with Gasteiger partial charge in [0, 0.05) is 19.0 Å². The molecule has 0 aromatic heterocycles. The molecule has 20 heavy (non-hydrogen) atoms. The van der Waals surface area contributed by atoms with Gasteiger partial charge in [0.15, 0.2) is 0 Å². The molecule has 0 aliphatic rings. The van der Waals surface area contributed by atoms with Crippen LogP contribution in [0.25, 0.3) is 0 Å². The quantitative estimate of drug-likeness (QED) is 0.749. The van der Waals surface area contributed by atoms with E-state index in [4.69, 9.17) is 16.3 Å². The van der Waals surface area contributed by atoms with Crippen molar-refractivity contribution < 1.29 is 13.2 Å². The molecule has 0 bridgehead atoms. The predicted octanol–water partition coefficient (Wildman–Crippen LogP) is 2.56. The summed E-state index contributed by atoms with van der Waals surface area (Å²) < 4.78 is 32.4. The van der Waals surface area contributed by atoms with E-state index in [0.29, 0.717) is 12.5 Å². The minimum atomic E-state index is -3.51. The molecule has 4 nitrogen and oxygen atoms in total. The van der Waals surface area contributed by atoms with E-state index in [1.54, 1.807) is 24.3 Å². The highest BCUT2D eigenvalue weighted by molar-refractivity contribution is 7.89. The maximum absolute atomic E-state index is 12.2. The normalized spacial score (nSPS) is 12.6. The fourth-order valence-corrected chi connectivity index (χ4v) is 3.16. The summed E-state index contributed by atoms with van der Waals surface area (Å²) in [6.45, 7) is 6.35. The van der Waals surface area contributed by atoms with Crippen LogP contribution in [0, 0.1) is 0 Å². The Labute approximate surface area is 126 Å². The molecule has 114 valence electrons. The Bertz CT molecular complexity index is 512. The molecule has 0 aliphatic carbocycles. The molecule has 0 amide bonds. The zero-order valence-electron chi connectivity index (χ0n) is 12.1. The molecule has 0 heterocycles. The lowest BCUT2D eigenvalue weighted by atomic mass is 10.1. The molecule has 0 radical (unpaired) electrons. The lowest BCUT2D eigenvalue weighted by Gasteiger charge is -2.24. The van der Waals surface area contributed by atoms with Gasteiger partial charge in [-0.25, -0.2) is 13.1 Å². The standard InChI is InChI=1S/C14H22ClNO3S/c1-4-19-14(2,3)11-16-20(17,18)13-7-5-12(6-8-13)9-10-15/h5-8,16H,4,9-11H2,1-3H3. The molecule has 6 heteroatoms. The van der Waals surface area contributed by atoms with Gasteiger partial charge in [-0.05, 0) is 44.9 Å². The smallest absolute Gasteiger partial charge is 0.240 e. The number of aryl methyl sites for hydroxylation is 1. The van der Waals surface area contributed by atoms with Crippen molar-refractivity contribution in [2.75, 3.05) is 19.0 Å². The number of rotatable bonds is 8. The van der Waals surface area contributed by atoms with Gasteiger partial charge in [0.2, 0.25) is 10.0 Å². The number of sulfonamides is 1. The molecule has 1 rings (SSSR count). The van der Waals surface area contributed by atoms with Crippen LogP contribution in [-0.2, 0) is 21.2 Å². The molecular formula is C14H22ClNO3S. The molecule has 0 spiro atoms. The van der Waals surface area contributed by atoms with Gasteiger partial charge in [-0.1, -0.05) is 12.1 Å². The summed E-state index contributed by atoms with van der Waals surface area (Å²) in [6, 6.07) is 6.76. The van der Waals surface area contributed by atoms with Gasteiger partial charge in [0.25, 0.3) is 0 Å². The van der Waals surface area contributed by atoms with E-state index in [1.807, 2.05) is 20.8 Å². The van der Waals surface area contributed by atoms with E-state index in [9.17, 15) is 8.42 Å². The molecule has 0 unspecified atom stereocenters. The monoisotopic (exact) mass is 319 g/mol. The number of alkyl halides is 1. The SMILES string of the molecule is CCOC(C)(C)CNS(=O)(=O)c1ccc(CCCl)cc1. The Hall–Kier alpha value is -0.620. The second-order valence-electron chi connectivity index (χ2n) is 5.10. The summed E-state index contributed by atoms with van der Waals surface area (Å²) in [4.78, 5) is 0.253. The first-order valence-electron chi connectivity index (χ1n) is 6.59. The van der Waals surface area contributed by atoms with E-state index < -0.39 is 15.6 Å². The van der Waals surface area contributed by atoms with Crippen LogP contribution < -0.4 is 4.72 Å². The van der Waals surface area contributed by atoms with Crippen molar-refractivity contribution in [3.8, 4) is 0 Å². The largest absolute Gasteiger partial charge is 0.375 e. The van der Waals surface area contributed by atoms with Crippen LogP contribution in [-0.4, -0.2) is 33.1 Å². The van der Waals surface area contributed by atoms with Crippen molar-refractivity contribution in [1.29, 1.82) is 0 Å². The number of hydrogen-bond acceptors (Lipinski definition) is 3. The molecule has 0 atom stereocenters. The Morgan fingerprint density at radius 2 is 1.85 bits per heavy atom. The van der Waals surface area contributed by atoms with Gasteiger partial charge < -0.3 is 4.74 Å². The highest BCUT2D eigenvalue weighted by atomic mass is 35.5. The van der Waals surface area contributed by atoms with Gasteiger partial charge in [-0.3, -0.25) is 0 Å². The lowest BCUT2D eigenvalue weighted by molar-refractivity contribution is -0.00515. The topological polar surface area (TPSA) is 55.4 Å². The van der Waals surface area contributed by atoms with Crippen LogP contribution >= 0.6 is 11.6 Å². The minimum absolute atomic E-state index is 0.229. The van der Waals surface area contributed by atoms with Gasteiger partial charge in [-0.2, -0.15) is 0 Å². The zero-order valence-corrected chi connectivity index (χ0v) is 13.7. The van der Waals surface area contributed by atoms with Crippen molar-refractivity contribution >= 4 is 21.6 Å². The summed E-state index contributed by atoms with van der Waals surface area (Å²) in [7, 11) is -3.51. The lowest BCUT2D eigenvalue weighted by Crippen LogP contribution is -2.40. The van der Waals surface area contributed by atoms with Crippen LogP contribution in [0.5, 0.6) is 0 Å². The van der Waals surface area contributed by atoms with Crippen LogP contribution in [0.3, 0.4) is 0 Å². The molecule has 1 aromatic rings. The molecule has 1 aromatic carbocycles. The minimum Gasteiger partial charge on any atom is -0.375 e. The van der Waals surface area contributed by atoms with Crippen molar-refractivity contribution in [2.45, 2.75) is 37.7 Å². The fourth-order valence-electron chi connectivity index (χ4n) is 1.74. The first-order valence-corrected chi connectivity index (χ1v) is 8.61. The van der Waals surface area contributed by atoms with Crippen molar-refractivity contribution in [3.05, 3.63) is 29.8 Å². The summed E-state index contributed by atoms with van der Waals surface area (Å²) in [6.07, 6.45) is 0.729. The number of benzene rings is 1. The van der Waals surface area contributed by atoms with Crippen molar-refractivity contribution in [1.82, 2.24) is 4.72 Å². The molecule has 0 fully saturated rings. The molecule has 0 saturated heterocycles. The van der Waals surface area contributed by atoms with Gasteiger partial charge in [0.1, 0.15) is 0 Å². The van der Waals surface area contributed by atoms with E-state index in [2.05, 4.69) is 4.72 Å². The second-order valence-corrected chi connectivity index (χ2v) is 7.25. The van der Waals surface area contributed by atoms with E-state index in [0.717, 1.165) is 12.0 Å². The molecular weight excluding hydrogens is 298 g/mol. The average molecular weight is 320 g/mol. The molecule has 0 aliphatic heterocycles. The highest BCUT2D eigenvalue weighted by Crippen LogP contribution is 2.13. The van der Waals surface area contributed by atoms with Gasteiger partial charge in [-0.15, -0.1) is 11.6 Å². The van der Waals surface area contributed by atoms with Crippen molar-refractivity contribution in [3.63, 3.8) is 0 Å². The number of hydrogen-bond donors (Lipinski definition) is 1. The molecule has 1 N–H and O–H groups in total. The van der Waals surface area contributed by atoms with Crippen molar-refractivity contribution in [2.24, 2.45) is 0 Å². The first kappa shape index (κ1) is 17.4. The van der Waals surface area contributed by atoms with Gasteiger partial charge in [0.05, 0.1) is 10.5 Å². The third kappa shape index (κ3) is 5.40. The summed E-state index contributed by atoms with van der Waals surface area (Å²) in [5, 5.41) is 0. The zero-order chi connectivity index (χ0) is 15.2.